The molecule has 19 heavy (non-hydrogen) atoms. The molecule has 0 radical (unpaired) electrons. The maximum absolute atomic E-state index is 12.0. The second kappa shape index (κ2) is 4.99. The molecule has 5 nitrogen and oxygen atoms in total. The van der Waals surface area contributed by atoms with Crippen LogP contribution in [0, 0.1) is 3.57 Å². The number of esters is 2. The summed E-state index contributed by atoms with van der Waals surface area (Å²) in [4.78, 5) is 28.0. The van der Waals surface area contributed by atoms with Gasteiger partial charge in [-0.1, -0.05) is 20.7 Å². The first-order valence-corrected chi connectivity index (χ1v) is 8.23. The molecule has 0 N–H and O–H groups in total. The van der Waals surface area contributed by atoms with E-state index in [1.54, 1.807) is 18.5 Å². The van der Waals surface area contributed by atoms with E-state index in [-0.39, 0.29) is 3.51 Å². The highest BCUT2D eigenvalue weighted by atomic mass is 127. The Morgan fingerprint density at radius 3 is 2.42 bits per heavy atom. The van der Waals surface area contributed by atoms with Gasteiger partial charge in [-0.25, -0.2) is 9.59 Å². The van der Waals surface area contributed by atoms with Crippen LogP contribution in [-0.2, 0) is 19.1 Å². The van der Waals surface area contributed by atoms with Gasteiger partial charge in [-0.3, -0.25) is 4.98 Å². The van der Waals surface area contributed by atoms with E-state index in [2.05, 4.69) is 4.98 Å². The number of hydrogen-bond acceptors (Lipinski definition) is 5. The van der Waals surface area contributed by atoms with Gasteiger partial charge in [-0.15, -0.1) is 0 Å². The van der Waals surface area contributed by atoms with Crippen LogP contribution in [0.3, 0.4) is 0 Å². The number of halogens is 1. The second-order valence-electron chi connectivity index (χ2n) is 4.48. The third kappa shape index (κ3) is 2.54. The molecule has 3 rings (SSSR count). The van der Waals surface area contributed by atoms with Crippen molar-refractivity contribution >= 4 is 36.2 Å². The third-order valence-electron chi connectivity index (χ3n) is 3.11. The quantitative estimate of drug-likeness (QED) is 0.555. The smallest absolute Gasteiger partial charge is 0.354 e. The molecule has 2 fully saturated rings. The van der Waals surface area contributed by atoms with E-state index >= 15 is 0 Å². The van der Waals surface area contributed by atoms with Gasteiger partial charge >= 0.3 is 11.9 Å². The summed E-state index contributed by atoms with van der Waals surface area (Å²) >= 11 is -0.902. The van der Waals surface area contributed by atoms with Crippen molar-refractivity contribution in [3.8, 4) is 0 Å². The minimum atomic E-state index is -0.976. The number of aromatic nitrogens is 1. The van der Waals surface area contributed by atoms with Gasteiger partial charge in [0.05, 0.1) is 0 Å². The molecule has 100 valence electrons. The molecule has 0 bridgehead atoms. The van der Waals surface area contributed by atoms with E-state index in [9.17, 15) is 9.59 Å². The number of ether oxygens (including phenoxy) is 2. The number of carbonyl (C=O) groups excluding carboxylic acids is 2. The van der Waals surface area contributed by atoms with Crippen molar-refractivity contribution in [1.29, 1.82) is 0 Å². The van der Waals surface area contributed by atoms with Gasteiger partial charge in [0.25, 0.3) is 5.79 Å². The standard InChI is InChI=1S/C13H12INO4/c16-11-10(14-9-4-3-7-15-8-9)12(17)19-13(18-11)5-1-2-6-13/h3-4,7-8H,1-2,5-6H2. The summed E-state index contributed by atoms with van der Waals surface area (Å²) in [7, 11) is 0. The first kappa shape index (κ1) is 12.7. The lowest BCUT2D eigenvalue weighted by molar-refractivity contribution is -0.224. The van der Waals surface area contributed by atoms with E-state index in [0.29, 0.717) is 12.8 Å². The molecule has 0 atom stereocenters. The summed E-state index contributed by atoms with van der Waals surface area (Å²) in [6, 6.07) is 3.64. The van der Waals surface area contributed by atoms with Crippen LogP contribution < -0.4 is 0 Å². The lowest BCUT2D eigenvalue weighted by atomic mass is 10.2. The number of nitrogens with zero attached hydrogens (tertiary/aromatic N) is 1. The Bertz CT molecular complexity index is 527. The maximum atomic E-state index is 12.0. The Morgan fingerprint density at radius 2 is 1.84 bits per heavy atom. The largest absolute Gasteiger partial charge is 0.418 e. The van der Waals surface area contributed by atoms with Crippen molar-refractivity contribution in [2.24, 2.45) is 0 Å². The van der Waals surface area contributed by atoms with E-state index < -0.39 is 38.5 Å². The summed E-state index contributed by atoms with van der Waals surface area (Å²) in [5.41, 5.74) is 0. The summed E-state index contributed by atoms with van der Waals surface area (Å²) in [6.07, 6.45) is 6.40. The molecule has 1 saturated heterocycles. The highest BCUT2D eigenvalue weighted by Crippen LogP contribution is 2.37. The summed E-state index contributed by atoms with van der Waals surface area (Å²) < 4.78 is 11.8. The Hall–Kier alpha value is -1.31. The fourth-order valence-corrected chi connectivity index (χ4v) is 4.20. The predicted molar refractivity (Wildman–Crippen MR) is 75.3 cm³/mol. The molecule has 2 aliphatic rings. The zero-order valence-corrected chi connectivity index (χ0v) is 12.3. The second-order valence-corrected chi connectivity index (χ2v) is 7.34. The van der Waals surface area contributed by atoms with Crippen LogP contribution in [0.25, 0.3) is 0 Å². The Morgan fingerprint density at radius 1 is 1.16 bits per heavy atom. The van der Waals surface area contributed by atoms with Gasteiger partial charge in [-0.05, 0) is 25.0 Å². The molecule has 2 heterocycles. The predicted octanol–water partition coefficient (Wildman–Crippen LogP) is 1.76. The van der Waals surface area contributed by atoms with Crippen LogP contribution in [-0.4, -0.2) is 26.2 Å². The molecule has 6 heteroatoms. The van der Waals surface area contributed by atoms with Gasteiger partial charge in [0.1, 0.15) is 0 Å². The minimum Gasteiger partial charge on any atom is -0.418 e. The Balaban J connectivity index is 1.87. The maximum Gasteiger partial charge on any atom is 0.354 e. The lowest BCUT2D eigenvalue weighted by Crippen LogP contribution is -2.48. The normalized spacial score (nSPS) is 21.4. The molecular formula is C13H12INO4. The van der Waals surface area contributed by atoms with Crippen LogP contribution >= 0.6 is 20.7 Å². The third-order valence-corrected chi connectivity index (χ3v) is 5.79. The van der Waals surface area contributed by atoms with Crippen molar-refractivity contribution in [2.45, 2.75) is 31.5 Å². The topological polar surface area (TPSA) is 65.5 Å². The van der Waals surface area contributed by atoms with Gasteiger partial charge < -0.3 is 9.47 Å². The molecule has 0 aromatic carbocycles. The SMILES string of the molecule is O=C1OC2(CCCC2)OC(=O)C1=Ic1cccnc1. The van der Waals surface area contributed by atoms with Crippen LogP contribution in [0.1, 0.15) is 25.7 Å². The summed E-state index contributed by atoms with van der Waals surface area (Å²) in [5, 5.41) is 0. The fourth-order valence-electron chi connectivity index (χ4n) is 2.23. The summed E-state index contributed by atoms with van der Waals surface area (Å²) in [5.74, 6) is -1.99. The zero-order valence-electron chi connectivity index (χ0n) is 10.1. The van der Waals surface area contributed by atoms with E-state index in [4.69, 9.17) is 9.47 Å². The minimum absolute atomic E-state index is 0.157. The number of hydrogen-bond donors (Lipinski definition) is 0. The van der Waals surface area contributed by atoms with Crippen molar-refractivity contribution in [1.82, 2.24) is 4.98 Å². The van der Waals surface area contributed by atoms with Crippen LogP contribution in [0.5, 0.6) is 0 Å². The average Bonchev–Trinajstić information content (AvgIpc) is 2.83. The molecule has 1 spiro atoms. The van der Waals surface area contributed by atoms with E-state index in [1.807, 2.05) is 6.07 Å². The first-order valence-electron chi connectivity index (χ1n) is 6.07. The number of rotatable bonds is 1. The summed E-state index contributed by atoms with van der Waals surface area (Å²) in [6.45, 7) is 0. The van der Waals surface area contributed by atoms with Gasteiger partial charge in [-0.2, -0.15) is 0 Å². The molecule has 0 unspecified atom stereocenters. The van der Waals surface area contributed by atoms with Crippen molar-refractivity contribution in [3.63, 3.8) is 0 Å². The molecule has 1 aliphatic carbocycles. The van der Waals surface area contributed by atoms with Gasteiger partial charge in [0.15, 0.2) is 3.51 Å². The molecule has 1 aromatic heterocycles. The van der Waals surface area contributed by atoms with Gasteiger partial charge in [0, 0.05) is 28.8 Å². The highest BCUT2D eigenvalue weighted by Gasteiger charge is 2.48. The van der Waals surface area contributed by atoms with Crippen LogP contribution in [0.2, 0.25) is 0 Å². The highest BCUT2D eigenvalue weighted by molar-refractivity contribution is 14.2. The first-order chi connectivity index (χ1) is 9.19. The zero-order chi connectivity index (χ0) is 13.3. The Kier molecular flexibility index (Phi) is 3.34. The molecule has 0 amide bonds. The van der Waals surface area contributed by atoms with Crippen LogP contribution in [0.15, 0.2) is 24.5 Å². The van der Waals surface area contributed by atoms with Gasteiger partial charge in [0.2, 0.25) is 0 Å². The monoisotopic (exact) mass is 373 g/mol. The fraction of sp³-hybridized carbons (Fsp3) is 0.385. The van der Waals surface area contributed by atoms with Crippen LogP contribution in [0.4, 0.5) is 0 Å². The lowest BCUT2D eigenvalue weighted by Gasteiger charge is -2.32. The molecule has 1 aromatic rings. The molecular weight excluding hydrogens is 361 g/mol. The van der Waals surface area contributed by atoms with E-state index in [1.165, 1.54) is 0 Å². The average molecular weight is 373 g/mol. The Labute approximate surface area is 120 Å². The molecule has 1 aliphatic heterocycles. The van der Waals surface area contributed by atoms with Crippen molar-refractivity contribution in [2.75, 3.05) is 0 Å². The number of pyridine rings is 1. The molecule has 1 saturated carbocycles. The van der Waals surface area contributed by atoms with Crippen molar-refractivity contribution in [3.05, 3.63) is 28.1 Å². The van der Waals surface area contributed by atoms with E-state index in [0.717, 1.165) is 16.4 Å². The van der Waals surface area contributed by atoms with Crippen molar-refractivity contribution < 1.29 is 19.1 Å². The number of carbonyl (C=O) groups is 2.